The van der Waals surface area contributed by atoms with Gasteiger partial charge >= 0.3 is 0 Å². The van der Waals surface area contributed by atoms with Crippen LogP contribution in [0.2, 0.25) is 10.2 Å². The van der Waals surface area contributed by atoms with E-state index >= 15 is 0 Å². The van der Waals surface area contributed by atoms with Crippen LogP contribution in [0.15, 0.2) is 41.0 Å². The Bertz CT molecular complexity index is 866. The summed E-state index contributed by atoms with van der Waals surface area (Å²) in [6.07, 6.45) is 12.1. The van der Waals surface area contributed by atoms with Crippen molar-refractivity contribution >= 4 is 46.6 Å². The molecule has 0 radical (unpaired) electrons. The third kappa shape index (κ3) is 4.09. The lowest BCUT2D eigenvalue weighted by Gasteiger charge is -2.40. The molecule has 1 aliphatic carbocycles. The maximum Gasteiger partial charge on any atom is 0.151 e. The van der Waals surface area contributed by atoms with Gasteiger partial charge in [0.05, 0.1) is 17.4 Å². The number of anilines is 2. The molecule has 8 heteroatoms. The summed E-state index contributed by atoms with van der Waals surface area (Å²) in [6, 6.07) is 1.69. The highest BCUT2D eigenvalue weighted by molar-refractivity contribution is 7.99. The number of aromatic nitrogens is 3. The van der Waals surface area contributed by atoms with Crippen LogP contribution in [0.5, 0.6) is 0 Å². The van der Waals surface area contributed by atoms with Crippen LogP contribution in [-0.2, 0) is 0 Å². The second-order valence-corrected chi connectivity index (χ2v) is 9.49. The Labute approximate surface area is 179 Å². The van der Waals surface area contributed by atoms with Crippen molar-refractivity contribution in [1.82, 2.24) is 15.0 Å². The molecular formula is C20H23Cl2N5S. The van der Waals surface area contributed by atoms with Gasteiger partial charge in [-0.25, -0.2) is 15.0 Å². The lowest BCUT2D eigenvalue weighted by molar-refractivity contribution is 0.221. The zero-order valence-corrected chi connectivity index (χ0v) is 17.9. The summed E-state index contributed by atoms with van der Waals surface area (Å²) in [6.45, 7) is 6.05. The second kappa shape index (κ2) is 8.09. The minimum atomic E-state index is 0.196. The Balaban J connectivity index is 1.40. The first kappa shape index (κ1) is 19.8. The highest BCUT2D eigenvalue weighted by Crippen LogP contribution is 2.49. The molecule has 2 aliphatic rings. The van der Waals surface area contributed by atoms with E-state index in [2.05, 4.69) is 32.5 Å². The third-order valence-electron chi connectivity index (χ3n) is 5.95. The molecule has 1 unspecified atom stereocenters. The number of pyridine rings is 1. The molecule has 1 atom stereocenters. The zero-order chi connectivity index (χ0) is 19.7. The van der Waals surface area contributed by atoms with Crippen LogP contribution in [0.1, 0.15) is 32.1 Å². The molecular weight excluding hydrogens is 413 g/mol. The van der Waals surface area contributed by atoms with E-state index in [-0.39, 0.29) is 5.15 Å². The van der Waals surface area contributed by atoms with E-state index in [4.69, 9.17) is 28.9 Å². The van der Waals surface area contributed by atoms with Crippen molar-refractivity contribution in [3.8, 4) is 0 Å². The standard InChI is InChI=1S/C20H23Cl2N5S/c1-2-13-3-4-20(10-13)5-7-27(8-6-20)16-11-25-17(12-24-16)28-14-9-15(23)26-19(22)18(14)21/h2,9,11-13H,1,3-8,10H2,(H2,23,26). The first-order chi connectivity index (χ1) is 13.5. The Morgan fingerprint density at radius 1 is 1.21 bits per heavy atom. The molecule has 2 aromatic rings. The number of halogens is 2. The van der Waals surface area contributed by atoms with Gasteiger partial charge in [-0.2, -0.15) is 0 Å². The quantitative estimate of drug-likeness (QED) is 0.505. The minimum Gasteiger partial charge on any atom is -0.384 e. The molecule has 2 fully saturated rings. The van der Waals surface area contributed by atoms with Crippen molar-refractivity contribution in [2.45, 2.75) is 42.0 Å². The van der Waals surface area contributed by atoms with Crippen LogP contribution in [0.3, 0.4) is 0 Å². The van der Waals surface area contributed by atoms with Crippen molar-refractivity contribution in [2.75, 3.05) is 23.7 Å². The summed E-state index contributed by atoms with van der Waals surface area (Å²) in [5.74, 6) is 1.95. The number of allylic oxidation sites excluding steroid dienone is 1. The molecule has 0 aromatic carbocycles. The monoisotopic (exact) mass is 435 g/mol. The van der Waals surface area contributed by atoms with E-state index < -0.39 is 0 Å². The number of nitrogen functional groups attached to an aromatic ring is 1. The molecule has 1 saturated carbocycles. The van der Waals surface area contributed by atoms with Gasteiger partial charge in [-0.3, -0.25) is 0 Å². The van der Waals surface area contributed by atoms with Gasteiger partial charge in [0.2, 0.25) is 0 Å². The number of hydrogen-bond acceptors (Lipinski definition) is 6. The van der Waals surface area contributed by atoms with E-state index in [0.717, 1.165) is 28.8 Å². The molecule has 1 spiro atoms. The Kier molecular flexibility index (Phi) is 5.72. The first-order valence-corrected chi connectivity index (χ1v) is 11.0. The summed E-state index contributed by atoms with van der Waals surface area (Å²) in [4.78, 5) is 16.2. The fourth-order valence-electron chi connectivity index (χ4n) is 4.32. The molecule has 2 aromatic heterocycles. The number of nitrogens with two attached hydrogens (primary N) is 1. The summed E-state index contributed by atoms with van der Waals surface area (Å²) < 4.78 is 0. The van der Waals surface area contributed by atoms with Crippen LogP contribution >= 0.6 is 35.0 Å². The van der Waals surface area contributed by atoms with E-state index in [1.165, 1.54) is 43.9 Å². The fourth-order valence-corrected chi connectivity index (χ4v) is 5.59. The van der Waals surface area contributed by atoms with Gasteiger partial charge in [0, 0.05) is 18.0 Å². The molecule has 1 saturated heterocycles. The predicted molar refractivity (Wildman–Crippen MR) is 116 cm³/mol. The van der Waals surface area contributed by atoms with Gasteiger partial charge in [0.1, 0.15) is 16.7 Å². The Hall–Kier alpha value is -1.50. The lowest BCUT2D eigenvalue weighted by Crippen LogP contribution is -2.39. The van der Waals surface area contributed by atoms with Crippen molar-refractivity contribution in [1.29, 1.82) is 0 Å². The number of nitrogens with zero attached hydrogens (tertiary/aromatic N) is 4. The Morgan fingerprint density at radius 3 is 2.64 bits per heavy atom. The largest absolute Gasteiger partial charge is 0.384 e. The van der Waals surface area contributed by atoms with E-state index in [1.54, 1.807) is 12.3 Å². The summed E-state index contributed by atoms with van der Waals surface area (Å²) in [7, 11) is 0. The van der Waals surface area contributed by atoms with Crippen molar-refractivity contribution < 1.29 is 0 Å². The minimum absolute atomic E-state index is 0.196. The fraction of sp³-hybridized carbons (Fsp3) is 0.450. The molecule has 5 nitrogen and oxygen atoms in total. The van der Waals surface area contributed by atoms with E-state index in [1.807, 2.05) is 6.20 Å². The van der Waals surface area contributed by atoms with Gasteiger partial charge in [-0.15, -0.1) is 6.58 Å². The highest BCUT2D eigenvalue weighted by Gasteiger charge is 2.40. The first-order valence-electron chi connectivity index (χ1n) is 9.47. The normalized spacial score (nSPS) is 21.2. The average Bonchev–Trinajstić information content (AvgIpc) is 3.10. The second-order valence-electron chi connectivity index (χ2n) is 7.69. The highest BCUT2D eigenvalue weighted by atomic mass is 35.5. The molecule has 3 heterocycles. The average molecular weight is 436 g/mol. The molecule has 2 N–H and O–H groups in total. The van der Waals surface area contributed by atoms with E-state index in [0.29, 0.717) is 22.2 Å². The third-order valence-corrected chi connectivity index (χ3v) is 7.78. The molecule has 0 amide bonds. The summed E-state index contributed by atoms with van der Waals surface area (Å²) >= 11 is 13.6. The van der Waals surface area contributed by atoms with Crippen LogP contribution in [0.4, 0.5) is 11.6 Å². The van der Waals surface area contributed by atoms with Gasteiger partial charge in [0.15, 0.2) is 5.15 Å². The summed E-state index contributed by atoms with van der Waals surface area (Å²) in [5.41, 5.74) is 6.26. The predicted octanol–water partition coefficient (Wildman–Crippen LogP) is 5.48. The SMILES string of the molecule is C=CC1CCC2(CCN(c3cnc(Sc4cc(N)nc(Cl)c4Cl)cn3)CC2)C1. The number of piperidine rings is 1. The van der Waals surface area contributed by atoms with Crippen molar-refractivity contribution in [3.05, 3.63) is 41.3 Å². The summed E-state index contributed by atoms with van der Waals surface area (Å²) in [5, 5.41) is 1.31. The topological polar surface area (TPSA) is 67.9 Å². The van der Waals surface area contributed by atoms with Crippen LogP contribution in [0, 0.1) is 11.3 Å². The van der Waals surface area contributed by atoms with Crippen LogP contribution < -0.4 is 10.6 Å². The van der Waals surface area contributed by atoms with Crippen LogP contribution in [-0.4, -0.2) is 28.0 Å². The lowest BCUT2D eigenvalue weighted by atomic mass is 9.76. The molecule has 28 heavy (non-hydrogen) atoms. The van der Waals surface area contributed by atoms with Crippen LogP contribution in [0.25, 0.3) is 0 Å². The molecule has 148 valence electrons. The van der Waals surface area contributed by atoms with Gasteiger partial charge in [0.25, 0.3) is 0 Å². The van der Waals surface area contributed by atoms with Gasteiger partial charge in [-0.1, -0.05) is 41.0 Å². The van der Waals surface area contributed by atoms with Crippen molar-refractivity contribution in [3.63, 3.8) is 0 Å². The smallest absolute Gasteiger partial charge is 0.151 e. The number of rotatable bonds is 4. The maximum atomic E-state index is 6.21. The van der Waals surface area contributed by atoms with Gasteiger partial charge < -0.3 is 10.6 Å². The Morgan fingerprint density at radius 2 is 2.00 bits per heavy atom. The van der Waals surface area contributed by atoms with Gasteiger partial charge in [-0.05, 0) is 49.5 Å². The maximum absolute atomic E-state index is 6.21. The van der Waals surface area contributed by atoms with E-state index in [9.17, 15) is 0 Å². The molecule has 1 aliphatic heterocycles. The molecule has 0 bridgehead atoms. The zero-order valence-electron chi connectivity index (χ0n) is 15.6. The molecule has 4 rings (SSSR count). The number of hydrogen-bond donors (Lipinski definition) is 1. The van der Waals surface area contributed by atoms with Crippen molar-refractivity contribution in [2.24, 2.45) is 11.3 Å².